The summed E-state index contributed by atoms with van der Waals surface area (Å²) in [6.07, 6.45) is 0. The van der Waals surface area contributed by atoms with Gasteiger partial charge in [0, 0.05) is 27.1 Å². The molecule has 68 valence electrons. The lowest BCUT2D eigenvalue weighted by Crippen LogP contribution is -2.01. The Morgan fingerprint density at radius 3 is 2.86 bits per heavy atom. The molecule has 1 N–H and O–H groups in total. The smallest absolute Gasteiger partial charge is 0.248 e. The first-order chi connectivity index (χ1) is 6.84. The molecular weight excluding hydrogens is 194 g/mol. The van der Waals surface area contributed by atoms with Crippen LogP contribution in [-0.2, 0) is 0 Å². The van der Waals surface area contributed by atoms with E-state index in [4.69, 9.17) is 0 Å². The number of hydrogen-bond donors (Lipinski definition) is 1. The molecule has 3 aromatic rings. The third kappa shape index (κ3) is 0.992. The Balaban J connectivity index is 2.63. The molecule has 3 heteroatoms. The molecule has 0 amide bonds. The molecule has 14 heavy (non-hydrogen) atoms. The van der Waals surface area contributed by atoms with Crippen LogP contribution in [0, 0.1) is 0 Å². The first-order valence-corrected chi connectivity index (χ1v) is 5.22. The number of nitrogens with one attached hydrogen (secondary N) is 1. The highest BCUT2D eigenvalue weighted by Crippen LogP contribution is 2.27. The van der Waals surface area contributed by atoms with E-state index in [1.54, 1.807) is 17.4 Å². The number of aromatic amines is 1. The van der Waals surface area contributed by atoms with E-state index in [9.17, 15) is 4.79 Å². The van der Waals surface area contributed by atoms with Crippen molar-refractivity contribution in [3.63, 3.8) is 0 Å². The Morgan fingerprint density at radius 2 is 1.93 bits per heavy atom. The summed E-state index contributed by atoms with van der Waals surface area (Å²) < 4.78 is 1.25. The lowest BCUT2D eigenvalue weighted by molar-refractivity contribution is 1.31. The maximum Gasteiger partial charge on any atom is 0.248 e. The van der Waals surface area contributed by atoms with Gasteiger partial charge >= 0.3 is 0 Å². The largest absolute Gasteiger partial charge is 0.322 e. The fourth-order valence-corrected chi connectivity index (χ4v) is 2.49. The zero-order valence-electron chi connectivity index (χ0n) is 7.28. The van der Waals surface area contributed by atoms with Gasteiger partial charge in [0.1, 0.15) is 0 Å². The van der Waals surface area contributed by atoms with Crippen LogP contribution in [0.2, 0.25) is 0 Å². The molecule has 0 fully saturated rings. The van der Waals surface area contributed by atoms with Gasteiger partial charge in [-0.3, -0.25) is 4.79 Å². The molecular formula is C11H7NOS. The van der Waals surface area contributed by atoms with Crippen LogP contribution in [0.4, 0.5) is 0 Å². The van der Waals surface area contributed by atoms with Crippen LogP contribution in [0.1, 0.15) is 0 Å². The zero-order valence-corrected chi connectivity index (χ0v) is 8.10. The van der Waals surface area contributed by atoms with E-state index >= 15 is 0 Å². The molecule has 0 bridgehead atoms. The number of pyridine rings is 1. The van der Waals surface area contributed by atoms with Crippen LogP contribution in [0.3, 0.4) is 0 Å². The molecule has 0 aliphatic heterocycles. The normalized spacial score (nSPS) is 11.1. The van der Waals surface area contributed by atoms with E-state index in [0.717, 1.165) is 10.9 Å². The Labute approximate surface area is 83.8 Å². The average Bonchev–Trinajstić information content (AvgIpc) is 2.65. The third-order valence-electron chi connectivity index (χ3n) is 2.34. The minimum absolute atomic E-state index is 0.0490. The van der Waals surface area contributed by atoms with Gasteiger partial charge in [-0.05, 0) is 29.6 Å². The number of fused-ring (bicyclic) bond motifs is 3. The van der Waals surface area contributed by atoms with Crippen LogP contribution >= 0.6 is 11.3 Å². The van der Waals surface area contributed by atoms with Crippen molar-refractivity contribution in [1.82, 2.24) is 4.98 Å². The number of H-pyrrole nitrogens is 1. The van der Waals surface area contributed by atoms with Crippen molar-refractivity contribution in [3.8, 4) is 0 Å². The number of thiophene rings is 1. The first-order valence-electron chi connectivity index (χ1n) is 4.34. The highest BCUT2D eigenvalue weighted by Gasteiger charge is 2.00. The van der Waals surface area contributed by atoms with Gasteiger partial charge in [-0.1, -0.05) is 0 Å². The quantitative estimate of drug-likeness (QED) is 0.596. The average molecular weight is 201 g/mol. The number of hydrogen-bond acceptors (Lipinski definition) is 2. The SMILES string of the molecule is O=c1ccc2c(ccc3sccc32)[nH]1. The molecule has 0 atom stereocenters. The molecule has 0 saturated carbocycles. The van der Waals surface area contributed by atoms with Crippen molar-refractivity contribution in [2.24, 2.45) is 0 Å². The Kier molecular flexibility index (Phi) is 1.49. The van der Waals surface area contributed by atoms with Gasteiger partial charge < -0.3 is 4.98 Å². The molecule has 0 unspecified atom stereocenters. The van der Waals surface area contributed by atoms with Gasteiger partial charge in [0.25, 0.3) is 0 Å². The highest BCUT2D eigenvalue weighted by molar-refractivity contribution is 7.17. The van der Waals surface area contributed by atoms with Crippen molar-refractivity contribution in [2.75, 3.05) is 0 Å². The summed E-state index contributed by atoms with van der Waals surface area (Å²) in [5.74, 6) is 0. The summed E-state index contributed by atoms with van der Waals surface area (Å²) in [6.45, 7) is 0. The maximum atomic E-state index is 11.1. The molecule has 0 spiro atoms. The molecule has 0 radical (unpaired) electrons. The van der Waals surface area contributed by atoms with Gasteiger partial charge in [-0.2, -0.15) is 0 Å². The van der Waals surface area contributed by atoms with E-state index in [-0.39, 0.29) is 5.56 Å². The first kappa shape index (κ1) is 7.76. The maximum absolute atomic E-state index is 11.1. The fraction of sp³-hybridized carbons (Fsp3) is 0. The summed E-state index contributed by atoms with van der Waals surface area (Å²) in [5.41, 5.74) is 0.857. The number of aromatic nitrogens is 1. The number of rotatable bonds is 0. The van der Waals surface area contributed by atoms with Crippen molar-refractivity contribution in [3.05, 3.63) is 46.1 Å². The Hall–Kier alpha value is -1.61. The predicted molar refractivity (Wildman–Crippen MR) is 60.0 cm³/mol. The van der Waals surface area contributed by atoms with Crippen LogP contribution in [-0.4, -0.2) is 4.98 Å². The van der Waals surface area contributed by atoms with E-state index < -0.39 is 0 Å². The lowest BCUT2D eigenvalue weighted by Gasteiger charge is -1.97. The van der Waals surface area contributed by atoms with E-state index in [1.807, 2.05) is 18.2 Å². The van der Waals surface area contributed by atoms with Crippen molar-refractivity contribution in [2.45, 2.75) is 0 Å². The zero-order chi connectivity index (χ0) is 9.54. The van der Waals surface area contributed by atoms with Crippen LogP contribution in [0.25, 0.3) is 21.0 Å². The van der Waals surface area contributed by atoms with E-state index in [2.05, 4.69) is 16.4 Å². The minimum atomic E-state index is -0.0490. The van der Waals surface area contributed by atoms with E-state index in [1.165, 1.54) is 10.1 Å². The fourth-order valence-electron chi connectivity index (χ4n) is 1.69. The van der Waals surface area contributed by atoms with Gasteiger partial charge in [0.05, 0.1) is 0 Å². The Morgan fingerprint density at radius 1 is 1.00 bits per heavy atom. The second-order valence-corrected chi connectivity index (χ2v) is 4.13. The molecule has 2 aromatic heterocycles. The topological polar surface area (TPSA) is 32.9 Å². The second-order valence-electron chi connectivity index (χ2n) is 3.18. The standard InChI is InChI=1S/C11H7NOS/c13-11-4-1-7-8-5-6-14-10(8)3-2-9(7)12-11/h1-6H,(H,12,13). The lowest BCUT2D eigenvalue weighted by atomic mass is 10.1. The third-order valence-corrected chi connectivity index (χ3v) is 3.22. The van der Waals surface area contributed by atoms with Gasteiger partial charge in [0.15, 0.2) is 0 Å². The molecule has 0 saturated heterocycles. The molecule has 0 aliphatic carbocycles. The van der Waals surface area contributed by atoms with Crippen molar-refractivity contribution in [1.29, 1.82) is 0 Å². The second kappa shape index (κ2) is 2.69. The molecule has 2 nitrogen and oxygen atoms in total. The van der Waals surface area contributed by atoms with Gasteiger partial charge in [-0.25, -0.2) is 0 Å². The molecule has 2 heterocycles. The van der Waals surface area contributed by atoms with Crippen LogP contribution in [0.5, 0.6) is 0 Å². The Bertz CT molecular complexity index is 665. The predicted octanol–water partition coefficient (Wildman–Crippen LogP) is 2.74. The van der Waals surface area contributed by atoms with Crippen molar-refractivity contribution >= 4 is 32.3 Å². The summed E-state index contributed by atoms with van der Waals surface area (Å²) in [5, 5.41) is 4.39. The summed E-state index contributed by atoms with van der Waals surface area (Å²) in [4.78, 5) is 13.9. The van der Waals surface area contributed by atoms with Crippen LogP contribution in [0.15, 0.2) is 40.5 Å². The van der Waals surface area contributed by atoms with Crippen molar-refractivity contribution < 1.29 is 0 Å². The molecule has 3 rings (SSSR count). The van der Waals surface area contributed by atoms with Crippen LogP contribution < -0.4 is 5.56 Å². The highest BCUT2D eigenvalue weighted by atomic mass is 32.1. The monoisotopic (exact) mass is 201 g/mol. The van der Waals surface area contributed by atoms with E-state index in [0.29, 0.717) is 0 Å². The summed E-state index contributed by atoms with van der Waals surface area (Å²) >= 11 is 1.71. The summed E-state index contributed by atoms with van der Waals surface area (Å²) in [6, 6.07) is 9.52. The summed E-state index contributed by atoms with van der Waals surface area (Å²) in [7, 11) is 0. The minimum Gasteiger partial charge on any atom is -0.322 e. The molecule has 1 aromatic carbocycles. The number of benzene rings is 1. The van der Waals surface area contributed by atoms with Gasteiger partial charge in [-0.15, -0.1) is 11.3 Å². The van der Waals surface area contributed by atoms with Gasteiger partial charge in [0.2, 0.25) is 5.56 Å². The molecule has 0 aliphatic rings.